The SMILES string of the molecule is COc1cc(C(=O)N2C3CCN2CC3)ccc1-c1nc2c(O)cccc2[nH]1. The number of aromatic nitrogens is 2. The number of carbonyl (C=O) groups excluding carboxylic acids is 1. The van der Waals surface area contributed by atoms with Crippen LogP contribution < -0.4 is 4.74 Å². The number of piperidine rings is 1. The highest BCUT2D eigenvalue weighted by Crippen LogP contribution is 2.35. The summed E-state index contributed by atoms with van der Waals surface area (Å²) in [5.74, 6) is 1.30. The molecule has 2 N–H and O–H groups in total. The van der Waals surface area contributed by atoms with E-state index in [2.05, 4.69) is 15.0 Å². The average Bonchev–Trinajstić information content (AvgIpc) is 3.41. The van der Waals surface area contributed by atoms with Crippen LogP contribution in [0.15, 0.2) is 36.4 Å². The molecule has 7 nitrogen and oxygen atoms in total. The molecule has 2 aromatic carbocycles. The van der Waals surface area contributed by atoms with E-state index in [1.54, 1.807) is 25.3 Å². The quantitative estimate of drug-likeness (QED) is 0.747. The number of benzene rings is 2. The van der Waals surface area contributed by atoms with E-state index in [0.717, 1.165) is 37.0 Å². The molecule has 1 amide bonds. The predicted molar refractivity (Wildman–Crippen MR) is 101 cm³/mol. The van der Waals surface area contributed by atoms with Crippen LogP contribution in [0, 0.1) is 0 Å². The summed E-state index contributed by atoms with van der Waals surface area (Å²) in [6.45, 7) is 1.90. The Bertz CT molecular complexity index is 1020. The topological polar surface area (TPSA) is 81.7 Å². The molecule has 3 aromatic rings. The van der Waals surface area contributed by atoms with Gasteiger partial charge in [-0.2, -0.15) is 0 Å². The number of hydrogen-bond donors (Lipinski definition) is 2. The zero-order chi connectivity index (χ0) is 18.5. The molecule has 2 aliphatic rings. The smallest absolute Gasteiger partial charge is 0.268 e. The minimum Gasteiger partial charge on any atom is -0.506 e. The molecule has 3 heterocycles. The molecule has 2 saturated heterocycles. The van der Waals surface area contributed by atoms with Crippen molar-refractivity contribution in [1.29, 1.82) is 0 Å². The van der Waals surface area contributed by atoms with Gasteiger partial charge in [-0.05, 0) is 43.2 Å². The summed E-state index contributed by atoms with van der Waals surface area (Å²) in [6, 6.07) is 11.0. The highest BCUT2D eigenvalue weighted by Gasteiger charge is 2.41. The lowest BCUT2D eigenvalue weighted by atomic mass is 10.1. The largest absolute Gasteiger partial charge is 0.506 e. The van der Waals surface area contributed by atoms with Crippen molar-refractivity contribution in [2.24, 2.45) is 0 Å². The van der Waals surface area contributed by atoms with E-state index in [0.29, 0.717) is 28.7 Å². The fourth-order valence-corrected chi connectivity index (χ4v) is 4.13. The lowest BCUT2D eigenvalue weighted by Crippen LogP contribution is -2.38. The molecule has 0 radical (unpaired) electrons. The molecular weight excluding hydrogens is 344 g/mol. The lowest BCUT2D eigenvalue weighted by Gasteiger charge is -2.24. The van der Waals surface area contributed by atoms with Gasteiger partial charge >= 0.3 is 0 Å². The van der Waals surface area contributed by atoms with Gasteiger partial charge in [-0.15, -0.1) is 0 Å². The van der Waals surface area contributed by atoms with Crippen molar-refractivity contribution in [2.75, 3.05) is 20.2 Å². The summed E-state index contributed by atoms with van der Waals surface area (Å²) in [4.78, 5) is 20.7. The average molecular weight is 364 g/mol. The number of nitrogens with zero attached hydrogens (tertiary/aromatic N) is 3. The van der Waals surface area contributed by atoms with Crippen molar-refractivity contribution in [2.45, 2.75) is 18.9 Å². The number of carbonyl (C=O) groups is 1. The first-order valence-corrected chi connectivity index (χ1v) is 9.10. The molecular formula is C20H20N4O3. The van der Waals surface area contributed by atoms with Gasteiger partial charge in [-0.25, -0.2) is 9.99 Å². The zero-order valence-corrected chi connectivity index (χ0v) is 15.0. The maximum atomic E-state index is 13.0. The second-order valence-corrected chi connectivity index (χ2v) is 7.01. The predicted octanol–water partition coefficient (Wildman–Crippen LogP) is 2.78. The molecule has 0 aliphatic carbocycles. The first-order valence-electron chi connectivity index (χ1n) is 9.10. The number of hydrazine groups is 1. The number of para-hydroxylation sites is 1. The number of phenolic OH excluding ortho intramolecular Hbond substituents is 1. The van der Waals surface area contributed by atoms with Crippen LogP contribution in [0.25, 0.3) is 22.4 Å². The van der Waals surface area contributed by atoms with Gasteiger partial charge in [0.25, 0.3) is 5.91 Å². The third-order valence-corrected chi connectivity index (χ3v) is 5.49. The molecule has 1 aromatic heterocycles. The van der Waals surface area contributed by atoms with Gasteiger partial charge in [0, 0.05) is 18.7 Å². The maximum Gasteiger partial charge on any atom is 0.268 e. The molecule has 5 rings (SSSR count). The molecule has 2 fully saturated rings. The minimum absolute atomic E-state index is 0.0158. The summed E-state index contributed by atoms with van der Waals surface area (Å²) in [6.07, 6.45) is 2.09. The number of phenols is 1. The first kappa shape index (κ1) is 16.1. The number of methoxy groups -OCH3 is 1. The van der Waals surface area contributed by atoms with E-state index in [-0.39, 0.29) is 11.7 Å². The number of imidazole rings is 1. The molecule has 7 heteroatoms. The number of nitrogens with one attached hydrogen (secondary N) is 1. The number of hydrogen-bond acceptors (Lipinski definition) is 5. The second-order valence-electron chi connectivity index (χ2n) is 7.01. The van der Waals surface area contributed by atoms with Crippen molar-refractivity contribution < 1.29 is 14.6 Å². The molecule has 138 valence electrons. The van der Waals surface area contributed by atoms with Crippen LogP contribution in [-0.2, 0) is 0 Å². The third-order valence-electron chi connectivity index (χ3n) is 5.49. The van der Waals surface area contributed by atoms with Crippen LogP contribution in [0.5, 0.6) is 11.5 Å². The molecule has 0 unspecified atom stereocenters. The van der Waals surface area contributed by atoms with E-state index < -0.39 is 0 Å². The van der Waals surface area contributed by atoms with E-state index in [1.807, 2.05) is 23.2 Å². The standard InChI is InChI=1S/C20H20N4O3/c1-27-17-11-12(20(26)24-13-7-9-23(24)10-8-13)5-6-14(17)19-21-15-3-2-4-16(25)18(15)22-19/h2-6,11,13,25H,7-10H2,1H3,(H,21,22). The number of rotatable bonds is 3. The van der Waals surface area contributed by atoms with E-state index >= 15 is 0 Å². The number of ether oxygens (including phenoxy) is 1. The van der Waals surface area contributed by atoms with Gasteiger partial charge < -0.3 is 14.8 Å². The van der Waals surface area contributed by atoms with E-state index in [1.165, 1.54) is 0 Å². The fourth-order valence-electron chi connectivity index (χ4n) is 4.13. The number of fused-ring (bicyclic) bond motifs is 3. The number of aromatic hydroxyl groups is 1. The van der Waals surface area contributed by atoms with Crippen LogP contribution in [0.4, 0.5) is 0 Å². The highest BCUT2D eigenvalue weighted by molar-refractivity contribution is 5.96. The summed E-state index contributed by atoms with van der Waals surface area (Å²) in [5.41, 5.74) is 2.60. The summed E-state index contributed by atoms with van der Waals surface area (Å²) in [5, 5.41) is 14.0. The van der Waals surface area contributed by atoms with Gasteiger partial charge in [0.15, 0.2) is 0 Å². The van der Waals surface area contributed by atoms with Crippen molar-refractivity contribution >= 4 is 16.9 Å². The van der Waals surface area contributed by atoms with Crippen LogP contribution in [0.1, 0.15) is 23.2 Å². The molecule has 2 bridgehead atoms. The van der Waals surface area contributed by atoms with Crippen molar-refractivity contribution in [1.82, 2.24) is 20.0 Å². The number of H-pyrrole nitrogens is 1. The van der Waals surface area contributed by atoms with Crippen LogP contribution in [0.2, 0.25) is 0 Å². The number of aromatic amines is 1. The van der Waals surface area contributed by atoms with Crippen LogP contribution in [0.3, 0.4) is 0 Å². The molecule has 0 saturated carbocycles. The lowest BCUT2D eigenvalue weighted by molar-refractivity contribution is 0.0334. The van der Waals surface area contributed by atoms with Crippen molar-refractivity contribution in [3.05, 3.63) is 42.0 Å². The number of amides is 1. The Morgan fingerprint density at radius 3 is 2.74 bits per heavy atom. The summed E-state index contributed by atoms with van der Waals surface area (Å²) >= 11 is 0. The van der Waals surface area contributed by atoms with E-state index in [4.69, 9.17) is 4.74 Å². The minimum atomic E-state index is 0.0158. The van der Waals surface area contributed by atoms with Crippen LogP contribution in [-0.4, -0.2) is 57.2 Å². The normalized spacial score (nSPS) is 21.1. The molecule has 27 heavy (non-hydrogen) atoms. The summed E-state index contributed by atoms with van der Waals surface area (Å²) in [7, 11) is 1.58. The van der Waals surface area contributed by atoms with Gasteiger partial charge in [0.05, 0.1) is 24.2 Å². The third kappa shape index (κ3) is 2.46. The Morgan fingerprint density at radius 1 is 1.26 bits per heavy atom. The second kappa shape index (κ2) is 5.99. The molecule has 0 spiro atoms. The van der Waals surface area contributed by atoms with Crippen molar-refractivity contribution in [3.63, 3.8) is 0 Å². The van der Waals surface area contributed by atoms with Crippen LogP contribution >= 0.6 is 0 Å². The first-order chi connectivity index (χ1) is 13.2. The Balaban J connectivity index is 1.52. The monoisotopic (exact) mass is 364 g/mol. The highest BCUT2D eigenvalue weighted by atomic mass is 16.5. The Kier molecular flexibility index (Phi) is 3.58. The van der Waals surface area contributed by atoms with Gasteiger partial charge in [0.2, 0.25) is 0 Å². The van der Waals surface area contributed by atoms with Gasteiger partial charge in [0.1, 0.15) is 22.8 Å². The fraction of sp³-hybridized carbons (Fsp3) is 0.300. The van der Waals surface area contributed by atoms with Gasteiger partial charge in [-0.3, -0.25) is 9.80 Å². The Hall–Kier alpha value is -3.06. The Labute approximate surface area is 156 Å². The Morgan fingerprint density at radius 2 is 2.07 bits per heavy atom. The molecule has 2 aliphatic heterocycles. The van der Waals surface area contributed by atoms with Gasteiger partial charge in [-0.1, -0.05) is 6.07 Å². The molecule has 0 atom stereocenters. The zero-order valence-electron chi connectivity index (χ0n) is 15.0. The van der Waals surface area contributed by atoms with E-state index in [9.17, 15) is 9.90 Å². The maximum absolute atomic E-state index is 13.0. The summed E-state index contributed by atoms with van der Waals surface area (Å²) < 4.78 is 5.54. The van der Waals surface area contributed by atoms with Crippen molar-refractivity contribution in [3.8, 4) is 22.9 Å².